The van der Waals surface area contributed by atoms with Crippen LogP contribution in [0.2, 0.25) is 5.02 Å². The molecule has 0 radical (unpaired) electrons. The maximum atomic E-state index is 12.6. The molecule has 1 fully saturated rings. The van der Waals surface area contributed by atoms with Crippen molar-refractivity contribution in [2.24, 2.45) is 11.3 Å². The van der Waals surface area contributed by atoms with Crippen LogP contribution in [0.15, 0.2) is 42.6 Å². The molecule has 1 aromatic heterocycles. The van der Waals surface area contributed by atoms with E-state index < -0.39 is 11.5 Å². The maximum Gasteiger partial charge on any atom is 0.317 e. The van der Waals surface area contributed by atoms with E-state index in [0.29, 0.717) is 30.2 Å². The smallest absolute Gasteiger partial charge is 0.317 e. The lowest BCUT2D eigenvalue weighted by molar-refractivity contribution is -0.0143. The number of H-pyrrole nitrogens is 1. The van der Waals surface area contributed by atoms with Gasteiger partial charge in [-0.1, -0.05) is 37.6 Å². The van der Waals surface area contributed by atoms with Gasteiger partial charge < -0.3 is 15.3 Å². The van der Waals surface area contributed by atoms with Crippen LogP contribution in [-0.2, 0) is 6.54 Å². The third kappa shape index (κ3) is 4.82. The highest BCUT2D eigenvalue weighted by Crippen LogP contribution is 2.46. The number of aromatic nitrogens is 2. The number of carbonyl (C=O) groups is 1. The molecule has 2 amide bonds. The molecule has 0 aliphatic carbocycles. The number of aromatic amines is 1. The summed E-state index contributed by atoms with van der Waals surface area (Å²) in [7, 11) is 0. The second-order valence-corrected chi connectivity index (χ2v) is 9.72. The average molecular weight is 466 g/mol. The first-order valence-corrected chi connectivity index (χ1v) is 11.5. The number of benzene rings is 2. The van der Waals surface area contributed by atoms with Crippen LogP contribution in [0.25, 0.3) is 10.9 Å². The minimum atomic E-state index is -0.721. The molecule has 0 bridgehead atoms. The quantitative estimate of drug-likeness (QED) is 0.504. The van der Waals surface area contributed by atoms with Crippen LogP contribution >= 0.6 is 11.6 Å². The molecule has 1 atom stereocenters. The van der Waals surface area contributed by atoms with Crippen LogP contribution in [0.4, 0.5) is 4.79 Å². The van der Waals surface area contributed by atoms with Gasteiger partial charge in [-0.25, -0.2) is 4.79 Å². The maximum absolute atomic E-state index is 12.6. The Morgan fingerprint density at radius 1 is 1.33 bits per heavy atom. The van der Waals surface area contributed by atoms with Crippen molar-refractivity contribution >= 4 is 28.5 Å². The fraction of sp³-hybridized carbons (Fsp3) is 0.400. The van der Waals surface area contributed by atoms with Crippen molar-refractivity contribution in [2.45, 2.75) is 39.3 Å². The Morgan fingerprint density at radius 3 is 2.70 bits per heavy atom. The van der Waals surface area contributed by atoms with E-state index in [0.717, 1.165) is 34.9 Å². The fourth-order valence-corrected chi connectivity index (χ4v) is 4.94. The summed E-state index contributed by atoms with van der Waals surface area (Å²) < 4.78 is 0. The first-order chi connectivity index (χ1) is 15.8. The van der Waals surface area contributed by atoms with E-state index in [-0.39, 0.29) is 11.9 Å². The van der Waals surface area contributed by atoms with Crippen LogP contribution in [0.3, 0.4) is 0 Å². The van der Waals surface area contributed by atoms with E-state index in [1.54, 1.807) is 24.4 Å². The van der Waals surface area contributed by atoms with E-state index in [1.165, 1.54) is 0 Å². The minimum Gasteiger partial charge on any atom is -0.388 e. The van der Waals surface area contributed by atoms with Gasteiger partial charge in [0.1, 0.15) is 0 Å². The SMILES string of the molecule is CC(C)(C1CCN(C(=O)NCc2ccc(C#N)cc2)CC1)[C@H](O)c1cc(Cl)cc2cn[nH]c12. The molecule has 1 aliphatic rings. The molecular weight excluding hydrogens is 438 g/mol. The third-order valence-corrected chi connectivity index (χ3v) is 7.12. The summed E-state index contributed by atoms with van der Waals surface area (Å²) in [4.78, 5) is 14.5. The third-order valence-electron chi connectivity index (χ3n) is 6.90. The molecule has 8 heteroatoms. The van der Waals surface area contributed by atoms with E-state index >= 15 is 0 Å². The number of nitrogens with zero attached hydrogens (tertiary/aromatic N) is 3. The summed E-state index contributed by atoms with van der Waals surface area (Å²) in [5, 5.41) is 31.7. The Hall–Kier alpha value is -3.08. The topological polar surface area (TPSA) is 105 Å². The van der Waals surface area contributed by atoms with E-state index in [4.69, 9.17) is 16.9 Å². The standard InChI is InChI=1S/C25H28ClN5O2/c1-25(2,23(32)21-12-20(26)11-18-15-29-30-22(18)21)19-7-9-31(10-8-19)24(33)28-14-17-5-3-16(13-27)4-6-17/h3-6,11-12,15,19,23,32H,7-10,14H2,1-2H3,(H,28,33)(H,29,30)/t23-/m1/s1. The number of urea groups is 1. The molecule has 33 heavy (non-hydrogen) atoms. The number of likely N-dealkylation sites (tertiary alicyclic amines) is 1. The van der Waals surface area contributed by atoms with Gasteiger partial charge >= 0.3 is 6.03 Å². The molecule has 0 spiro atoms. The van der Waals surface area contributed by atoms with Gasteiger partial charge in [0, 0.05) is 35.6 Å². The summed E-state index contributed by atoms with van der Waals surface area (Å²) in [5.74, 6) is 0.243. The Kier molecular flexibility index (Phi) is 6.59. The molecule has 3 aromatic rings. The normalized spacial score (nSPS) is 15.9. The van der Waals surface area contributed by atoms with Gasteiger partial charge in [0.15, 0.2) is 0 Å². The van der Waals surface area contributed by atoms with Crippen molar-refractivity contribution in [3.63, 3.8) is 0 Å². The highest BCUT2D eigenvalue weighted by atomic mass is 35.5. The van der Waals surface area contributed by atoms with E-state index in [2.05, 4.69) is 35.4 Å². The number of aliphatic hydroxyl groups is 1. The summed E-state index contributed by atoms with van der Waals surface area (Å²) in [5.41, 5.74) is 2.70. The van der Waals surface area contributed by atoms with Gasteiger partial charge in [0.2, 0.25) is 0 Å². The zero-order valence-electron chi connectivity index (χ0n) is 18.8. The van der Waals surface area contributed by atoms with Gasteiger partial charge in [-0.2, -0.15) is 10.4 Å². The van der Waals surface area contributed by atoms with Crippen molar-refractivity contribution in [1.29, 1.82) is 5.26 Å². The first-order valence-electron chi connectivity index (χ1n) is 11.1. The number of amides is 2. The van der Waals surface area contributed by atoms with Crippen LogP contribution < -0.4 is 5.32 Å². The fourth-order valence-electron chi connectivity index (χ4n) is 4.70. The number of nitrogens with one attached hydrogen (secondary N) is 2. The first kappa shape index (κ1) is 23.1. The molecule has 0 unspecified atom stereocenters. The summed E-state index contributed by atoms with van der Waals surface area (Å²) >= 11 is 6.29. The van der Waals surface area contributed by atoms with Crippen molar-refractivity contribution in [3.8, 4) is 6.07 Å². The largest absolute Gasteiger partial charge is 0.388 e. The summed E-state index contributed by atoms with van der Waals surface area (Å²) in [6.07, 6.45) is 2.60. The predicted molar refractivity (Wildman–Crippen MR) is 128 cm³/mol. The molecule has 4 rings (SSSR count). The summed E-state index contributed by atoms with van der Waals surface area (Å²) in [6, 6.07) is 12.8. The van der Waals surface area contributed by atoms with Gasteiger partial charge in [0.05, 0.1) is 29.5 Å². The van der Waals surface area contributed by atoms with E-state index in [9.17, 15) is 9.90 Å². The Morgan fingerprint density at radius 2 is 2.03 bits per heavy atom. The number of fused-ring (bicyclic) bond motifs is 1. The molecule has 1 saturated heterocycles. The van der Waals surface area contributed by atoms with Crippen molar-refractivity contribution in [2.75, 3.05) is 13.1 Å². The highest BCUT2D eigenvalue weighted by molar-refractivity contribution is 6.31. The Balaban J connectivity index is 1.36. The lowest BCUT2D eigenvalue weighted by atomic mass is 9.68. The number of hydrogen-bond acceptors (Lipinski definition) is 4. The molecule has 0 saturated carbocycles. The number of nitriles is 1. The van der Waals surface area contributed by atoms with Crippen LogP contribution in [0, 0.1) is 22.7 Å². The summed E-state index contributed by atoms with van der Waals surface area (Å²) in [6.45, 7) is 5.84. The molecular formula is C25H28ClN5O2. The van der Waals surface area contributed by atoms with E-state index in [1.807, 2.05) is 23.1 Å². The van der Waals surface area contributed by atoms with Gasteiger partial charge in [-0.3, -0.25) is 5.10 Å². The monoisotopic (exact) mass is 465 g/mol. The zero-order chi connectivity index (χ0) is 23.6. The minimum absolute atomic E-state index is 0.0924. The molecule has 172 valence electrons. The number of carbonyl (C=O) groups excluding carboxylic acids is 1. The predicted octanol–water partition coefficient (Wildman–Crippen LogP) is 4.77. The van der Waals surface area contributed by atoms with Crippen LogP contribution in [-0.4, -0.2) is 39.3 Å². The Labute approximate surface area is 198 Å². The van der Waals surface area contributed by atoms with Crippen molar-refractivity contribution < 1.29 is 9.90 Å². The molecule has 7 nitrogen and oxygen atoms in total. The lowest BCUT2D eigenvalue weighted by Crippen LogP contribution is -2.47. The average Bonchev–Trinajstić information content (AvgIpc) is 3.30. The van der Waals surface area contributed by atoms with Crippen LogP contribution in [0.5, 0.6) is 0 Å². The van der Waals surface area contributed by atoms with Gasteiger partial charge in [-0.05, 0) is 54.0 Å². The Bertz CT molecular complexity index is 1170. The van der Waals surface area contributed by atoms with Crippen LogP contribution in [0.1, 0.15) is 49.5 Å². The van der Waals surface area contributed by atoms with Gasteiger partial charge in [-0.15, -0.1) is 0 Å². The van der Waals surface area contributed by atoms with Crippen molar-refractivity contribution in [1.82, 2.24) is 20.4 Å². The van der Waals surface area contributed by atoms with Gasteiger partial charge in [0.25, 0.3) is 0 Å². The second-order valence-electron chi connectivity index (χ2n) is 9.28. The number of hydrogen-bond donors (Lipinski definition) is 3. The number of rotatable bonds is 5. The number of halogens is 1. The second kappa shape index (κ2) is 9.42. The lowest BCUT2D eigenvalue weighted by Gasteiger charge is -2.43. The molecule has 2 heterocycles. The molecule has 1 aliphatic heterocycles. The molecule has 3 N–H and O–H groups in total. The number of piperidine rings is 1. The molecule has 2 aromatic carbocycles. The number of aliphatic hydroxyl groups excluding tert-OH is 1. The zero-order valence-corrected chi connectivity index (χ0v) is 19.6. The highest BCUT2D eigenvalue weighted by Gasteiger charge is 2.40. The van der Waals surface area contributed by atoms with Crippen molar-refractivity contribution in [3.05, 3.63) is 64.3 Å².